The van der Waals surface area contributed by atoms with Crippen molar-refractivity contribution < 1.29 is 0 Å². The normalized spacial score (nSPS) is 32.4. The fourth-order valence-corrected chi connectivity index (χ4v) is 3.14. The van der Waals surface area contributed by atoms with Gasteiger partial charge >= 0.3 is 0 Å². The fraction of sp³-hybridized carbons (Fsp3) is 0.933. The minimum absolute atomic E-state index is 0.253. The highest BCUT2D eigenvalue weighted by molar-refractivity contribution is 5.11. The SMILES string of the molecule is CCCNC1(C#N)CCCC(N(C)CC2CC2)C1. The molecule has 18 heavy (non-hydrogen) atoms. The number of hydrogen-bond acceptors (Lipinski definition) is 3. The zero-order valence-electron chi connectivity index (χ0n) is 11.9. The third kappa shape index (κ3) is 3.46. The third-order valence-electron chi connectivity index (χ3n) is 4.52. The lowest BCUT2D eigenvalue weighted by Crippen LogP contribution is -2.52. The van der Waals surface area contributed by atoms with Crippen LogP contribution in [0.2, 0.25) is 0 Å². The van der Waals surface area contributed by atoms with Gasteiger partial charge in [-0.05, 0) is 64.5 Å². The molecule has 2 unspecified atom stereocenters. The summed E-state index contributed by atoms with van der Waals surface area (Å²) in [6.07, 6.45) is 8.41. The van der Waals surface area contributed by atoms with Crippen LogP contribution >= 0.6 is 0 Å². The van der Waals surface area contributed by atoms with Gasteiger partial charge in [-0.1, -0.05) is 6.92 Å². The van der Waals surface area contributed by atoms with Crippen LogP contribution < -0.4 is 5.32 Å². The van der Waals surface area contributed by atoms with E-state index in [2.05, 4.69) is 30.3 Å². The third-order valence-corrected chi connectivity index (χ3v) is 4.52. The van der Waals surface area contributed by atoms with Crippen LogP contribution in [0.15, 0.2) is 0 Å². The van der Waals surface area contributed by atoms with Gasteiger partial charge < -0.3 is 4.90 Å². The topological polar surface area (TPSA) is 39.1 Å². The zero-order valence-corrected chi connectivity index (χ0v) is 11.9. The largest absolute Gasteiger partial charge is 0.303 e. The van der Waals surface area contributed by atoms with Crippen molar-refractivity contribution in [1.29, 1.82) is 5.26 Å². The van der Waals surface area contributed by atoms with Gasteiger partial charge in [0.2, 0.25) is 0 Å². The molecule has 2 aliphatic carbocycles. The van der Waals surface area contributed by atoms with Crippen LogP contribution in [0.4, 0.5) is 0 Å². The molecule has 0 spiro atoms. The minimum Gasteiger partial charge on any atom is -0.303 e. The van der Waals surface area contributed by atoms with E-state index in [0.717, 1.165) is 31.7 Å². The molecule has 2 fully saturated rings. The molecular weight excluding hydrogens is 222 g/mol. The monoisotopic (exact) mass is 249 g/mol. The Kier molecular flexibility index (Phi) is 4.64. The first kappa shape index (κ1) is 13.8. The summed E-state index contributed by atoms with van der Waals surface area (Å²) in [4.78, 5) is 2.51. The lowest BCUT2D eigenvalue weighted by atomic mass is 9.79. The molecule has 3 nitrogen and oxygen atoms in total. The quantitative estimate of drug-likeness (QED) is 0.786. The highest BCUT2D eigenvalue weighted by atomic mass is 15.1. The highest BCUT2D eigenvalue weighted by Crippen LogP contribution is 2.34. The minimum atomic E-state index is -0.253. The maximum atomic E-state index is 9.53. The van der Waals surface area contributed by atoms with E-state index < -0.39 is 0 Å². The summed E-state index contributed by atoms with van der Waals surface area (Å²) in [5.41, 5.74) is -0.253. The molecule has 2 rings (SSSR count). The predicted octanol–water partition coefficient (Wildman–Crippen LogP) is 2.53. The molecule has 3 heteroatoms. The molecule has 0 heterocycles. The molecule has 0 aromatic rings. The van der Waals surface area contributed by atoms with Crippen LogP contribution in [0.5, 0.6) is 0 Å². The molecule has 0 aromatic heterocycles. The van der Waals surface area contributed by atoms with E-state index >= 15 is 0 Å². The second-order valence-corrected chi connectivity index (χ2v) is 6.25. The van der Waals surface area contributed by atoms with Crippen LogP contribution in [0.3, 0.4) is 0 Å². The smallest absolute Gasteiger partial charge is 0.108 e. The van der Waals surface area contributed by atoms with Crippen molar-refractivity contribution in [2.75, 3.05) is 20.1 Å². The van der Waals surface area contributed by atoms with Crippen molar-refractivity contribution in [3.8, 4) is 6.07 Å². The Labute approximate surface area is 112 Å². The first-order valence-electron chi connectivity index (χ1n) is 7.55. The summed E-state index contributed by atoms with van der Waals surface area (Å²) in [6, 6.07) is 3.17. The zero-order chi connectivity index (χ0) is 13.0. The highest BCUT2D eigenvalue weighted by Gasteiger charge is 2.38. The predicted molar refractivity (Wildman–Crippen MR) is 74.2 cm³/mol. The molecule has 0 radical (unpaired) electrons. The average Bonchev–Trinajstić information content (AvgIpc) is 3.20. The fourth-order valence-electron chi connectivity index (χ4n) is 3.14. The molecule has 0 aromatic carbocycles. The Morgan fingerprint density at radius 2 is 2.17 bits per heavy atom. The lowest BCUT2D eigenvalue weighted by molar-refractivity contribution is 0.140. The van der Waals surface area contributed by atoms with E-state index in [1.54, 1.807) is 0 Å². The maximum absolute atomic E-state index is 9.53. The Morgan fingerprint density at radius 3 is 2.78 bits per heavy atom. The van der Waals surface area contributed by atoms with E-state index in [1.165, 1.54) is 32.2 Å². The Morgan fingerprint density at radius 1 is 1.39 bits per heavy atom. The second kappa shape index (κ2) is 6.04. The van der Waals surface area contributed by atoms with E-state index in [0.29, 0.717) is 6.04 Å². The van der Waals surface area contributed by atoms with Crippen LogP contribution in [-0.2, 0) is 0 Å². The summed E-state index contributed by atoms with van der Waals surface area (Å²) in [5.74, 6) is 0.942. The van der Waals surface area contributed by atoms with Gasteiger partial charge in [0.1, 0.15) is 5.54 Å². The molecule has 0 bridgehead atoms. The van der Waals surface area contributed by atoms with Crippen molar-refractivity contribution in [2.45, 2.75) is 63.5 Å². The summed E-state index contributed by atoms with van der Waals surface area (Å²) in [7, 11) is 2.25. The van der Waals surface area contributed by atoms with Gasteiger partial charge in [-0.3, -0.25) is 5.32 Å². The second-order valence-electron chi connectivity index (χ2n) is 6.25. The Hall–Kier alpha value is -0.590. The van der Waals surface area contributed by atoms with Gasteiger partial charge in [0.25, 0.3) is 0 Å². The molecule has 0 saturated heterocycles. The molecule has 102 valence electrons. The number of nitriles is 1. The summed E-state index contributed by atoms with van der Waals surface area (Å²) in [5, 5.41) is 13.0. The summed E-state index contributed by atoms with van der Waals surface area (Å²) >= 11 is 0. The van der Waals surface area contributed by atoms with Gasteiger partial charge in [-0.25, -0.2) is 0 Å². The summed E-state index contributed by atoms with van der Waals surface area (Å²) in [6.45, 7) is 4.37. The van der Waals surface area contributed by atoms with Gasteiger partial charge in [0.05, 0.1) is 6.07 Å². The number of rotatable bonds is 6. The van der Waals surface area contributed by atoms with Gasteiger partial charge in [0, 0.05) is 12.6 Å². The van der Waals surface area contributed by atoms with E-state index in [9.17, 15) is 5.26 Å². The van der Waals surface area contributed by atoms with Crippen LogP contribution in [-0.4, -0.2) is 36.6 Å². The van der Waals surface area contributed by atoms with Crippen molar-refractivity contribution in [3.63, 3.8) is 0 Å². The van der Waals surface area contributed by atoms with Gasteiger partial charge in [-0.2, -0.15) is 5.26 Å². The van der Waals surface area contributed by atoms with Crippen molar-refractivity contribution in [2.24, 2.45) is 5.92 Å². The Bertz CT molecular complexity index is 305. The molecule has 2 aliphatic rings. The van der Waals surface area contributed by atoms with Crippen molar-refractivity contribution in [3.05, 3.63) is 0 Å². The summed E-state index contributed by atoms with van der Waals surface area (Å²) < 4.78 is 0. The van der Waals surface area contributed by atoms with E-state index in [1.807, 2.05) is 0 Å². The number of nitrogens with zero attached hydrogens (tertiary/aromatic N) is 2. The lowest BCUT2D eigenvalue weighted by Gasteiger charge is -2.40. The number of nitrogens with one attached hydrogen (secondary N) is 1. The first-order chi connectivity index (χ1) is 8.69. The van der Waals surface area contributed by atoms with Crippen LogP contribution in [0, 0.1) is 17.2 Å². The molecule has 2 atom stereocenters. The van der Waals surface area contributed by atoms with E-state index in [-0.39, 0.29) is 5.54 Å². The van der Waals surface area contributed by atoms with Crippen LogP contribution in [0.1, 0.15) is 51.9 Å². The first-order valence-corrected chi connectivity index (χ1v) is 7.55. The molecule has 2 saturated carbocycles. The van der Waals surface area contributed by atoms with Crippen LogP contribution in [0.25, 0.3) is 0 Å². The molecule has 0 amide bonds. The number of hydrogen-bond donors (Lipinski definition) is 1. The van der Waals surface area contributed by atoms with Gasteiger partial charge in [0.15, 0.2) is 0 Å². The van der Waals surface area contributed by atoms with E-state index in [4.69, 9.17) is 0 Å². The van der Waals surface area contributed by atoms with Crippen molar-refractivity contribution >= 4 is 0 Å². The Balaban J connectivity index is 1.90. The molecule has 0 aliphatic heterocycles. The maximum Gasteiger partial charge on any atom is 0.108 e. The average molecular weight is 249 g/mol. The molecular formula is C15H27N3. The molecule has 1 N–H and O–H groups in total. The standard InChI is InChI=1S/C15H27N3/c1-3-9-17-15(12-16)8-4-5-14(10-15)18(2)11-13-6-7-13/h13-14,17H,3-11H2,1-2H3. The van der Waals surface area contributed by atoms with Crippen molar-refractivity contribution in [1.82, 2.24) is 10.2 Å². The van der Waals surface area contributed by atoms with Gasteiger partial charge in [-0.15, -0.1) is 0 Å².